The van der Waals surface area contributed by atoms with Gasteiger partial charge in [-0.25, -0.2) is 8.78 Å². The second-order valence-electron chi connectivity index (χ2n) is 1.22. The molecule has 0 fully saturated rings. The zero-order valence-corrected chi connectivity index (χ0v) is 5.06. The van der Waals surface area contributed by atoms with Crippen LogP contribution in [0.4, 0.5) is 13.2 Å². The van der Waals surface area contributed by atoms with Crippen LogP contribution in [0.5, 0.6) is 0 Å². The number of alkyl halides is 3. The van der Waals surface area contributed by atoms with Crippen molar-refractivity contribution in [2.45, 2.75) is 19.3 Å². The molecule has 0 radical (unpaired) electrons. The highest BCUT2D eigenvalue weighted by molar-refractivity contribution is 5.85. The van der Waals surface area contributed by atoms with Gasteiger partial charge in [-0.2, -0.15) is 0 Å². The lowest BCUT2D eigenvalue weighted by molar-refractivity contribution is 0.131. The first kappa shape index (κ1) is 11.0. The molecule has 0 N–H and O–H groups in total. The van der Waals surface area contributed by atoms with E-state index in [9.17, 15) is 13.2 Å². The molecule has 0 saturated heterocycles. The number of hydrogen-bond acceptors (Lipinski definition) is 0. The Morgan fingerprint density at radius 1 is 1.25 bits per heavy atom. The molecule has 0 aliphatic heterocycles. The summed E-state index contributed by atoms with van der Waals surface area (Å²) in [7, 11) is 0. The van der Waals surface area contributed by atoms with Gasteiger partial charge in [-0.15, -0.1) is 12.4 Å². The fourth-order valence-electron chi connectivity index (χ4n) is 0.231. The molecule has 8 heavy (non-hydrogen) atoms. The third-order valence-electron chi connectivity index (χ3n) is 0.556. The SMILES string of the molecule is Cl.FCCCC(F)F. The fraction of sp³-hybridized carbons (Fsp3) is 1.00. The van der Waals surface area contributed by atoms with Gasteiger partial charge in [0.15, 0.2) is 0 Å². The molecule has 0 saturated carbocycles. The zero-order chi connectivity index (χ0) is 5.70. The van der Waals surface area contributed by atoms with Gasteiger partial charge in [0.2, 0.25) is 6.43 Å². The predicted molar refractivity (Wildman–Crippen MR) is 28.5 cm³/mol. The summed E-state index contributed by atoms with van der Waals surface area (Å²) >= 11 is 0. The summed E-state index contributed by atoms with van der Waals surface area (Å²) in [5.74, 6) is 0. The van der Waals surface area contributed by atoms with Crippen molar-refractivity contribution in [3.8, 4) is 0 Å². The molecule has 4 heteroatoms. The lowest BCUT2D eigenvalue weighted by atomic mass is 10.3. The average Bonchev–Trinajstić information content (AvgIpc) is 1.61. The second kappa shape index (κ2) is 7.08. The largest absolute Gasteiger partial charge is 0.251 e. The fourth-order valence-corrected chi connectivity index (χ4v) is 0.231. The van der Waals surface area contributed by atoms with E-state index in [0.29, 0.717) is 0 Å². The molecule has 0 aliphatic rings. The number of rotatable bonds is 3. The summed E-state index contributed by atoms with van der Waals surface area (Å²) in [6.45, 7) is -0.635. The average molecular weight is 149 g/mol. The van der Waals surface area contributed by atoms with Crippen molar-refractivity contribution in [3.05, 3.63) is 0 Å². The Morgan fingerprint density at radius 2 is 1.75 bits per heavy atom. The molecule has 0 bridgehead atoms. The van der Waals surface area contributed by atoms with Crippen LogP contribution in [-0.2, 0) is 0 Å². The molecule has 0 atom stereocenters. The minimum absolute atomic E-state index is 0. The third-order valence-corrected chi connectivity index (χ3v) is 0.556. The first-order chi connectivity index (χ1) is 3.27. The first-order valence-electron chi connectivity index (χ1n) is 2.11. The van der Waals surface area contributed by atoms with Crippen LogP contribution in [0.2, 0.25) is 0 Å². The molecule has 0 aromatic rings. The third kappa shape index (κ3) is 9.43. The Morgan fingerprint density at radius 3 is 1.88 bits per heavy atom. The Balaban J connectivity index is 0. The van der Waals surface area contributed by atoms with Gasteiger partial charge in [0, 0.05) is 6.42 Å². The maximum Gasteiger partial charge on any atom is 0.238 e. The Kier molecular flexibility index (Phi) is 9.70. The molecule has 0 heterocycles. The smallest absolute Gasteiger partial charge is 0.238 e. The monoisotopic (exact) mass is 148 g/mol. The Labute approximate surface area is 52.5 Å². The summed E-state index contributed by atoms with van der Waals surface area (Å²) in [5, 5.41) is 0. The van der Waals surface area contributed by atoms with Gasteiger partial charge >= 0.3 is 0 Å². The molecule has 0 spiro atoms. The topological polar surface area (TPSA) is 0 Å². The molecule has 52 valence electrons. The summed E-state index contributed by atoms with van der Waals surface area (Å²) in [4.78, 5) is 0. The van der Waals surface area contributed by atoms with Crippen LogP contribution < -0.4 is 0 Å². The van der Waals surface area contributed by atoms with Crippen LogP contribution in [-0.4, -0.2) is 13.1 Å². The standard InChI is InChI=1S/C4H7F3.ClH/c5-3-1-2-4(6)7;/h4H,1-3H2;1H. The van der Waals surface area contributed by atoms with E-state index in [1.807, 2.05) is 0 Å². The molecular formula is C4H8ClF3. The van der Waals surface area contributed by atoms with Crippen LogP contribution in [0.15, 0.2) is 0 Å². The van der Waals surface area contributed by atoms with E-state index in [-0.39, 0.29) is 25.2 Å². The molecule has 0 aromatic carbocycles. The predicted octanol–water partition coefficient (Wildman–Crippen LogP) is 2.42. The van der Waals surface area contributed by atoms with Crippen molar-refractivity contribution >= 4 is 12.4 Å². The van der Waals surface area contributed by atoms with Gasteiger partial charge in [0.1, 0.15) is 0 Å². The maximum atomic E-state index is 11.1. The highest BCUT2D eigenvalue weighted by atomic mass is 35.5. The number of hydrogen-bond donors (Lipinski definition) is 0. The van der Waals surface area contributed by atoms with E-state index in [2.05, 4.69) is 0 Å². The second-order valence-corrected chi connectivity index (χ2v) is 1.22. The van der Waals surface area contributed by atoms with E-state index in [4.69, 9.17) is 0 Å². The van der Waals surface area contributed by atoms with Gasteiger partial charge in [-0.3, -0.25) is 4.39 Å². The van der Waals surface area contributed by atoms with E-state index in [1.54, 1.807) is 0 Å². The summed E-state index contributed by atoms with van der Waals surface area (Å²) in [5.41, 5.74) is 0. The molecular weight excluding hydrogens is 140 g/mol. The normalized spacial score (nSPS) is 9.00. The van der Waals surface area contributed by atoms with Crippen molar-refractivity contribution in [1.82, 2.24) is 0 Å². The van der Waals surface area contributed by atoms with Crippen molar-refractivity contribution in [2.24, 2.45) is 0 Å². The maximum absolute atomic E-state index is 11.1. The van der Waals surface area contributed by atoms with E-state index in [0.717, 1.165) is 0 Å². The molecule has 0 aromatic heterocycles. The van der Waals surface area contributed by atoms with Crippen LogP contribution in [0.3, 0.4) is 0 Å². The van der Waals surface area contributed by atoms with E-state index < -0.39 is 13.1 Å². The summed E-state index contributed by atoms with van der Waals surface area (Å²) in [6.07, 6.45) is -2.66. The van der Waals surface area contributed by atoms with Gasteiger partial charge in [0.05, 0.1) is 6.67 Å². The summed E-state index contributed by atoms with van der Waals surface area (Å²) < 4.78 is 33.1. The van der Waals surface area contributed by atoms with Crippen molar-refractivity contribution in [1.29, 1.82) is 0 Å². The molecule has 0 aliphatic carbocycles. The van der Waals surface area contributed by atoms with Crippen LogP contribution in [0.1, 0.15) is 12.8 Å². The van der Waals surface area contributed by atoms with E-state index >= 15 is 0 Å². The highest BCUT2D eigenvalue weighted by Gasteiger charge is 1.98. The van der Waals surface area contributed by atoms with Crippen LogP contribution >= 0.6 is 12.4 Å². The van der Waals surface area contributed by atoms with Gasteiger partial charge < -0.3 is 0 Å². The Bertz CT molecular complexity index is 40.3. The van der Waals surface area contributed by atoms with Gasteiger partial charge in [0.25, 0.3) is 0 Å². The van der Waals surface area contributed by atoms with Crippen LogP contribution in [0.25, 0.3) is 0 Å². The lowest BCUT2D eigenvalue weighted by Gasteiger charge is -1.90. The van der Waals surface area contributed by atoms with Gasteiger partial charge in [-0.05, 0) is 6.42 Å². The molecule has 0 unspecified atom stereocenters. The zero-order valence-electron chi connectivity index (χ0n) is 4.24. The Hall–Kier alpha value is 0.0800. The minimum Gasteiger partial charge on any atom is -0.251 e. The highest BCUT2D eigenvalue weighted by Crippen LogP contribution is 2.01. The summed E-state index contributed by atoms with van der Waals surface area (Å²) in [6, 6.07) is 0. The molecule has 0 nitrogen and oxygen atoms in total. The first-order valence-corrected chi connectivity index (χ1v) is 2.11. The van der Waals surface area contributed by atoms with Crippen molar-refractivity contribution < 1.29 is 13.2 Å². The lowest BCUT2D eigenvalue weighted by Crippen LogP contribution is -1.89. The van der Waals surface area contributed by atoms with Crippen molar-refractivity contribution in [2.75, 3.05) is 6.67 Å². The van der Waals surface area contributed by atoms with Crippen LogP contribution in [0, 0.1) is 0 Å². The minimum atomic E-state index is -2.34. The van der Waals surface area contributed by atoms with Gasteiger partial charge in [-0.1, -0.05) is 0 Å². The van der Waals surface area contributed by atoms with Crippen molar-refractivity contribution in [3.63, 3.8) is 0 Å². The quantitative estimate of drug-likeness (QED) is 0.577. The molecule has 0 amide bonds. The molecule has 0 rings (SSSR count). The van der Waals surface area contributed by atoms with E-state index in [1.165, 1.54) is 0 Å². The number of halogens is 4.